The van der Waals surface area contributed by atoms with Crippen molar-refractivity contribution in [3.8, 4) is 0 Å². The number of benzene rings is 1. The molecule has 0 amide bonds. The smallest absolute Gasteiger partial charge is 0.150 e. The molecular weight excluding hydrogens is 272 g/mol. The fourth-order valence-corrected chi connectivity index (χ4v) is 4.18. The first kappa shape index (κ1) is 13.8. The van der Waals surface area contributed by atoms with Crippen LogP contribution in [0.4, 0.5) is 0 Å². The van der Waals surface area contributed by atoms with Crippen LogP contribution in [0.3, 0.4) is 0 Å². The highest BCUT2D eigenvalue weighted by Crippen LogP contribution is 2.50. The maximum atomic E-state index is 12.8. The number of carbonyl (C=O) groups excluding carboxylic acids is 2. The Hall–Kier alpha value is -1.15. The van der Waals surface area contributed by atoms with Crippen molar-refractivity contribution in [3.05, 3.63) is 34.9 Å². The lowest BCUT2D eigenvalue weighted by atomic mass is 9.81. The first-order chi connectivity index (χ1) is 9.56. The topological polar surface area (TPSA) is 34.1 Å². The maximum absolute atomic E-state index is 12.8. The molecule has 2 aliphatic rings. The van der Waals surface area contributed by atoms with Gasteiger partial charge in [0, 0.05) is 16.9 Å². The molecule has 20 heavy (non-hydrogen) atoms. The van der Waals surface area contributed by atoms with Crippen molar-refractivity contribution in [2.75, 3.05) is 0 Å². The molecule has 0 heterocycles. The quantitative estimate of drug-likeness (QED) is 0.775. The molecule has 2 atom stereocenters. The number of hydrogen-bond acceptors (Lipinski definition) is 2. The van der Waals surface area contributed by atoms with Gasteiger partial charge in [-0.05, 0) is 30.9 Å². The molecule has 3 rings (SSSR count). The minimum atomic E-state index is -0.647. The Morgan fingerprint density at radius 1 is 1.15 bits per heavy atom. The van der Waals surface area contributed by atoms with Crippen LogP contribution in [0.25, 0.3) is 0 Å². The minimum absolute atomic E-state index is 0.170. The molecule has 3 heteroatoms. The van der Waals surface area contributed by atoms with Gasteiger partial charge in [-0.3, -0.25) is 9.59 Å². The van der Waals surface area contributed by atoms with Gasteiger partial charge in [0.05, 0.1) is 5.41 Å². The summed E-state index contributed by atoms with van der Waals surface area (Å²) in [5.41, 5.74) is 0.327. The summed E-state index contributed by atoms with van der Waals surface area (Å²) in [7, 11) is 0. The Kier molecular flexibility index (Phi) is 3.45. The van der Waals surface area contributed by atoms with Gasteiger partial charge >= 0.3 is 0 Å². The van der Waals surface area contributed by atoms with E-state index < -0.39 is 5.41 Å². The highest BCUT2D eigenvalue weighted by molar-refractivity contribution is 6.31. The molecule has 0 N–H and O–H groups in total. The van der Waals surface area contributed by atoms with E-state index in [1.54, 1.807) is 0 Å². The molecule has 1 aromatic rings. The summed E-state index contributed by atoms with van der Waals surface area (Å²) < 4.78 is 0. The molecule has 106 valence electrons. The number of halogens is 1. The summed E-state index contributed by atoms with van der Waals surface area (Å²) >= 11 is 6.19. The van der Waals surface area contributed by atoms with Crippen molar-refractivity contribution < 1.29 is 9.59 Å². The number of ketones is 2. The summed E-state index contributed by atoms with van der Waals surface area (Å²) in [6.45, 7) is 1.91. The van der Waals surface area contributed by atoms with Gasteiger partial charge in [0.15, 0.2) is 5.78 Å². The van der Waals surface area contributed by atoms with Crippen LogP contribution in [0.15, 0.2) is 24.3 Å². The van der Waals surface area contributed by atoms with E-state index >= 15 is 0 Å². The predicted octanol–water partition coefficient (Wildman–Crippen LogP) is 3.85. The summed E-state index contributed by atoms with van der Waals surface area (Å²) in [5, 5.41) is 0.687. The average Bonchev–Trinajstić information content (AvgIpc) is 3.00. The van der Waals surface area contributed by atoms with Crippen LogP contribution in [0.5, 0.6) is 0 Å². The van der Waals surface area contributed by atoms with E-state index in [1.807, 2.05) is 31.2 Å². The summed E-state index contributed by atoms with van der Waals surface area (Å²) in [6, 6.07) is 7.61. The predicted molar refractivity (Wildman–Crippen MR) is 78.7 cm³/mol. The zero-order valence-corrected chi connectivity index (χ0v) is 12.5. The minimum Gasteiger partial charge on any atom is -0.298 e. The normalized spacial score (nSPS) is 28.5. The SMILES string of the molecule is C[C@H]1C(=O)C2(CCCC2)C(=O)[C@H]1Cc1ccccc1Cl. The van der Waals surface area contributed by atoms with E-state index in [4.69, 9.17) is 11.6 Å². The van der Waals surface area contributed by atoms with Crippen molar-refractivity contribution in [2.45, 2.75) is 39.0 Å². The number of Topliss-reactive ketones (excluding diaryl/α,β-unsaturated/α-hetero) is 2. The van der Waals surface area contributed by atoms with E-state index in [0.29, 0.717) is 11.4 Å². The molecule has 2 saturated carbocycles. The molecule has 0 radical (unpaired) electrons. The van der Waals surface area contributed by atoms with Crippen molar-refractivity contribution >= 4 is 23.2 Å². The summed E-state index contributed by atoms with van der Waals surface area (Å²) in [4.78, 5) is 25.4. The standard InChI is InChI=1S/C17H19ClO2/c1-11-13(10-12-6-2-3-7-14(12)18)16(20)17(15(11)19)8-4-5-9-17/h2-3,6-7,11,13H,4-5,8-10H2,1H3/t11-,13+/m1/s1. The van der Waals surface area contributed by atoms with Gasteiger partial charge in [-0.2, -0.15) is 0 Å². The molecule has 2 fully saturated rings. The molecule has 2 aliphatic carbocycles. The lowest BCUT2D eigenvalue weighted by Crippen LogP contribution is -2.31. The Morgan fingerprint density at radius 3 is 2.45 bits per heavy atom. The Bertz CT molecular complexity index is 558. The fraction of sp³-hybridized carbons (Fsp3) is 0.529. The van der Waals surface area contributed by atoms with Gasteiger partial charge in [0.1, 0.15) is 5.78 Å². The third-order valence-corrected chi connectivity index (χ3v) is 5.52. The Morgan fingerprint density at radius 2 is 1.80 bits per heavy atom. The highest BCUT2D eigenvalue weighted by atomic mass is 35.5. The second-order valence-electron chi connectivity index (χ2n) is 6.21. The first-order valence-electron chi connectivity index (χ1n) is 7.38. The van der Waals surface area contributed by atoms with Crippen LogP contribution in [-0.2, 0) is 16.0 Å². The van der Waals surface area contributed by atoms with Gasteiger partial charge in [-0.1, -0.05) is 49.6 Å². The second-order valence-corrected chi connectivity index (χ2v) is 6.62. The number of rotatable bonds is 2. The molecular formula is C17H19ClO2. The van der Waals surface area contributed by atoms with E-state index in [1.165, 1.54) is 0 Å². The highest BCUT2D eigenvalue weighted by Gasteiger charge is 2.58. The van der Waals surface area contributed by atoms with Crippen LogP contribution >= 0.6 is 11.6 Å². The fourth-order valence-electron chi connectivity index (χ4n) is 3.96. The third-order valence-electron chi connectivity index (χ3n) is 5.15. The van der Waals surface area contributed by atoms with Gasteiger partial charge in [0.25, 0.3) is 0 Å². The van der Waals surface area contributed by atoms with Crippen LogP contribution in [0, 0.1) is 17.3 Å². The summed E-state index contributed by atoms with van der Waals surface area (Å²) in [5.74, 6) is -0.0122. The Balaban J connectivity index is 1.89. The molecule has 0 saturated heterocycles. The van der Waals surface area contributed by atoms with Crippen molar-refractivity contribution in [1.82, 2.24) is 0 Å². The molecule has 0 aliphatic heterocycles. The largest absolute Gasteiger partial charge is 0.298 e. The van der Waals surface area contributed by atoms with E-state index in [2.05, 4.69) is 0 Å². The molecule has 2 nitrogen and oxygen atoms in total. The molecule has 0 aromatic heterocycles. The lowest BCUT2D eigenvalue weighted by molar-refractivity contribution is -0.135. The average molecular weight is 291 g/mol. The van der Waals surface area contributed by atoms with Crippen LogP contribution < -0.4 is 0 Å². The van der Waals surface area contributed by atoms with Crippen molar-refractivity contribution in [2.24, 2.45) is 17.3 Å². The van der Waals surface area contributed by atoms with Crippen LogP contribution in [0.2, 0.25) is 5.02 Å². The zero-order chi connectivity index (χ0) is 14.3. The van der Waals surface area contributed by atoms with Gasteiger partial charge < -0.3 is 0 Å². The van der Waals surface area contributed by atoms with Crippen molar-refractivity contribution in [3.63, 3.8) is 0 Å². The van der Waals surface area contributed by atoms with E-state index in [9.17, 15) is 9.59 Å². The second kappa shape index (κ2) is 5.00. The van der Waals surface area contributed by atoms with E-state index in [0.717, 1.165) is 31.2 Å². The van der Waals surface area contributed by atoms with Crippen molar-refractivity contribution in [1.29, 1.82) is 0 Å². The Labute approximate surface area is 124 Å². The molecule has 0 bridgehead atoms. The molecule has 1 aromatic carbocycles. The summed E-state index contributed by atoms with van der Waals surface area (Å²) in [6.07, 6.45) is 4.11. The van der Waals surface area contributed by atoms with Gasteiger partial charge in [-0.15, -0.1) is 0 Å². The third kappa shape index (κ3) is 1.93. The van der Waals surface area contributed by atoms with Crippen LogP contribution in [0.1, 0.15) is 38.2 Å². The number of carbonyl (C=O) groups is 2. The first-order valence-corrected chi connectivity index (χ1v) is 7.76. The molecule has 1 spiro atoms. The lowest BCUT2D eigenvalue weighted by Gasteiger charge is -2.19. The van der Waals surface area contributed by atoms with Gasteiger partial charge in [0.2, 0.25) is 0 Å². The zero-order valence-electron chi connectivity index (χ0n) is 11.7. The van der Waals surface area contributed by atoms with Crippen LogP contribution in [-0.4, -0.2) is 11.6 Å². The monoisotopic (exact) mass is 290 g/mol. The number of hydrogen-bond donors (Lipinski definition) is 0. The van der Waals surface area contributed by atoms with E-state index in [-0.39, 0.29) is 23.4 Å². The molecule has 0 unspecified atom stereocenters. The van der Waals surface area contributed by atoms with Gasteiger partial charge in [-0.25, -0.2) is 0 Å². The maximum Gasteiger partial charge on any atom is 0.150 e.